The summed E-state index contributed by atoms with van der Waals surface area (Å²) in [6.07, 6.45) is 23.4. The van der Waals surface area contributed by atoms with Crippen molar-refractivity contribution in [2.75, 3.05) is 12.4 Å². The zero-order valence-electron chi connectivity index (χ0n) is 15.9. The molecule has 0 aliphatic carbocycles. The van der Waals surface area contributed by atoms with E-state index in [1.807, 2.05) is 0 Å². The fraction of sp³-hybridized carbons (Fsp3) is 0.857. The number of hydrogen-bond acceptors (Lipinski definition) is 3. The number of allylic oxidation sites excluding steroid dienone is 2. The number of esters is 1. The molecule has 142 valence electrons. The van der Waals surface area contributed by atoms with E-state index in [0.717, 1.165) is 12.8 Å². The summed E-state index contributed by atoms with van der Waals surface area (Å²) < 4.78 is 4.98. The first-order valence-corrected chi connectivity index (χ1v) is 10.9. The molecule has 0 N–H and O–H groups in total. The Kier molecular flexibility index (Phi) is 20.2. The van der Waals surface area contributed by atoms with E-state index in [-0.39, 0.29) is 5.97 Å². The molecule has 0 spiro atoms. The van der Waals surface area contributed by atoms with E-state index in [9.17, 15) is 4.79 Å². The molecule has 0 saturated heterocycles. The minimum Gasteiger partial charge on any atom is -0.465 e. The molecule has 0 heterocycles. The second-order valence-electron chi connectivity index (χ2n) is 6.63. The maximum atomic E-state index is 11.3. The molecular formula is C21H40O2S. The molecule has 0 radical (unpaired) electrons. The Labute approximate surface area is 156 Å². The lowest BCUT2D eigenvalue weighted by atomic mass is 10.1. The minimum absolute atomic E-state index is 0.0946. The second-order valence-corrected chi connectivity index (χ2v) is 7.08. The van der Waals surface area contributed by atoms with Crippen LogP contribution in [0.15, 0.2) is 12.2 Å². The summed E-state index contributed by atoms with van der Waals surface area (Å²) in [6, 6.07) is 0. The zero-order valence-corrected chi connectivity index (χ0v) is 16.8. The number of rotatable bonds is 18. The van der Waals surface area contributed by atoms with Crippen LogP contribution in [0.3, 0.4) is 0 Å². The van der Waals surface area contributed by atoms with Crippen LogP contribution in [0.25, 0.3) is 0 Å². The fourth-order valence-electron chi connectivity index (χ4n) is 2.76. The van der Waals surface area contributed by atoms with E-state index in [1.165, 1.54) is 77.0 Å². The van der Waals surface area contributed by atoms with E-state index in [2.05, 4.69) is 31.7 Å². The van der Waals surface area contributed by atoms with Gasteiger partial charge in [0.05, 0.1) is 0 Å². The van der Waals surface area contributed by atoms with Gasteiger partial charge in [0.25, 0.3) is 0 Å². The highest BCUT2D eigenvalue weighted by Gasteiger charge is 2.00. The fourth-order valence-corrected chi connectivity index (χ4v) is 2.85. The van der Waals surface area contributed by atoms with Crippen molar-refractivity contribution >= 4 is 18.6 Å². The van der Waals surface area contributed by atoms with Crippen molar-refractivity contribution in [1.82, 2.24) is 0 Å². The van der Waals surface area contributed by atoms with E-state index < -0.39 is 0 Å². The second kappa shape index (κ2) is 20.6. The highest BCUT2D eigenvalue weighted by Crippen LogP contribution is 2.12. The topological polar surface area (TPSA) is 26.3 Å². The summed E-state index contributed by atoms with van der Waals surface area (Å²) in [5.74, 6) is 0.507. The van der Waals surface area contributed by atoms with Gasteiger partial charge in [-0.15, -0.1) is 0 Å². The molecule has 0 fully saturated rings. The molecule has 2 nitrogen and oxygen atoms in total. The predicted molar refractivity (Wildman–Crippen MR) is 109 cm³/mol. The highest BCUT2D eigenvalue weighted by atomic mass is 32.1. The average molecular weight is 357 g/mol. The smallest absolute Gasteiger partial charge is 0.305 e. The SMILES string of the molecule is CCCCCCCCCCCCC/C=C/CCCC(=O)OCCS. The Morgan fingerprint density at radius 3 is 1.83 bits per heavy atom. The summed E-state index contributed by atoms with van der Waals surface area (Å²) in [4.78, 5) is 11.3. The lowest BCUT2D eigenvalue weighted by molar-refractivity contribution is -0.143. The number of carbonyl (C=O) groups excluding carboxylic acids is 1. The predicted octanol–water partition coefficient (Wildman–Crippen LogP) is 6.89. The quantitative estimate of drug-likeness (QED) is 0.125. The van der Waals surface area contributed by atoms with Gasteiger partial charge >= 0.3 is 5.97 Å². The normalized spacial score (nSPS) is 11.2. The van der Waals surface area contributed by atoms with Crippen molar-refractivity contribution < 1.29 is 9.53 Å². The van der Waals surface area contributed by atoms with Crippen molar-refractivity contribution in [2.24, 2.45) is 0 Å². The van der Waals surface area contributed by atoms with Gasteiger partial charge in [0.15, 0.2) is 0 Å². The summed E-state index contributed by atoms with van der Waals surface area (Å²) in [7, 11) is 0. The minimum atomic E-state index is -0.0946. The standard InChI is InChI=1S/C21H40O2S/c1-2-3-4-5-6-7-8-9-10-11-12-13-14-15-16-17-18-21(22)23-19-20-24/h14-15,24H,2-13,16-20H2,1H3/b15-14+. The molecule has 0 rings (SSSR count). The van der Waals surface area contributed by atoms with Gasteiger partial charge in [-0.3, -0.25) is 4.79 Å². The van der Waals surface area contributed by atoms with Crippen LogP contribution in [-0.2, 0) is 9.53 Å². The van der Waals surface area contributed by atoms with Gasteiger partial charge in [-0.05, 0) is 25.7 Å². The third-order valence-electron chi connectivity index (χ3n) is 4.25. The maximum absolute atomic E-state index is 11.3. The van der Waals surface area contributed by atoms with Gasteiger partial charge < -0.3 is 4.74 Å². The summed E-state index contributed by atoms with van der Waals surface area (Å²) in [5, 5.41) is 0. The van der Waals surface area contributed by atoms with E-state index >= 15 is 0 Å². The third-order valence-corrected chi connectivity index (χ3v) is 4.43. The van der Waals surface area contributed by atoms with Crippen molar-refractivity contribution in [3.8, 4) is 0 Å². The number of thiol groups is 1. The monoisotopic (exact) mass is 356 g/mol. The molecule has 0 unspecified atom stereocenters. The first kappa shape index (κ1) is 23.6. The first-order valence-electron chi connectivity index (χ1n) is 10.2. The van der Waals surface area contributed by atoms with Crippen LogP contribution in [-0.4, -0.2) is 18.3 Å². The van der Waals surface area contributed by atoms with Gasteiger partial charge in [0.2, 0.25) is 0 Å². The van der Waals surface area contributed by atoms with Crippen LogP contribution in [0, 0.1) is 0 Å². The molecule has 0 aliphatic rings. The van der Waals surface area contributed by atoms with Crippen LogP contribution < -0.4 is 0 Å². The number of carbonyl (C=O) groups is 1. The Bertz CT molecular complexity index is 290. The Hall–Kier alpha value is -0.440. The molecule has 0 aromatic rings. The lowest BCUT2D eigenvalue weighted by Crippen LogP contribution is -2.05. The van der Waals surface area contributed by atoms with Gasteiger partial charge in [-0.1, -0.05) is 83.3 Å². The molecule has 3 heteroatoms. The van der Waals surface area contributed by atoms with Crippen LogP contribution in [0.5, 0.6) is 0 Å². The number of hydrogen-bond donors (Lipinski definition) is 1. The van der Waals surface area contributed by atoms with Crippen LogP contribution in [0.4, 0.5) is 0 Å². The molecule has 0 amide bonds. The van der Waals surface area contributed by atoms with Crippen molar-refractivity contribution in [1.29, 1.82) is 0 Å². The molecule has 0 aliphatic heterocycles. The van der Waals surface area contributed by atoms with Gasteiger partial charge in [0.1, 0.15) is 6.61 Å². The molecule has 0 saturated carbocycles. The third kappa shape index (κ3) is 19.6. The summed E-state index contributed by atoms with van der Waals surface area (Å²) >= 11 is 4.01. The Morgan fingerprint density at radius 1 is 0.792 bits per heavy atom. The van der Waals surface area contributed by atoms with E-state index in [4.69, 9.17) is 4.74 Å². The van der Waals surface area contributed by atoms with Crippen molar-refractivity contribution in [3.63, 3.8) is 0 Å². The molecule has 0 aromatic heterocycles. The van der Waals surface area contributed by atoms with Crippen LogP contribution in [0.2, 0.25) is 0 Å². The average Bonchev–Trinajstić information content (AvgIpc) is 2.59. The molecule has 0 bridgehead atoms. The number of unbranched alkanes of at least 4 members (excludes halogenated alkanes) is 12. The summed E-state index contributed by atoms with van der Waals surface area (Å²) in [6.45, 7) is 2.70. The van der Waals surface area contributed by atoms with Gasteiger partial charge in [-0.25, -0.2) is 0 Å². The molecule has 0 aromatic carbocycles. The molecular weight excluding hydrogens is 316 g/mol. The van der Waals surface area contributed by atoms with Crippen LogP contribution >= 0.6 is 12.6 Å². The largest absolute Gasteiger partial charge is 0.465 e. The lowest BCUT2D eigenvalue weighted by Gasteiger charge is -2.02. The Balaban J connectivity index is 3.14. The zero-order chi connectivity index (χ0) is 17.7. The first-order chi connectivity index (χ1) is 11.8. The highest BCUT2D eigenvalue weighted by molar-refractivity contribution is 7.80. The summed E-state index contributed by atoms with van der Waals surface area (Å²) in [5.41, 5.74) is 0. The maximum Gasteiger partial charge on any atom is 0.305 e. The van der Waals surface area contributed by atoms with Gasteiger partial charge in [0, 0.05) is 12.2 Å². The Morgan fingerprint density at radius 2 is 1.29 bits per heavy atom. The van der Waals surface area contributed by atoms with Crippen molar-refractivity contribution in [2.45, 2.75) is 103 Å². The van der Waals surface area contributed by atoms with Crippen molar-refractivity contribution in [3.05, 3.63) is 12.2 Å². The number of ether oxygens (including phenoxy) is 1. The van der Waals surface area contributed by atoms with E-state index in [1.54, 1.807) is 0 Å². The molecule has 0 atom stereocenters. The molecule has 24 heavy (non-hydrogen) atoms. The van der Waals surface area contributed by atoms with E-state index in [0.29, 0.717) is 18.8 Å². The van der Waals surface area contributed by atoms with Gasteiger partial charge in [-0.2, -0.15) is 12.6 Å². The van der Waals surface area contributed by atoms with Crippen LogP contribution in [0.1, 0.15) is 103 Å².